The average molecular weight is 319 g/mol. The highest BCUT2D eigenvalue weighted by Gasteiger charge is 2.11. The number of hydrogen-bond donors (Lipinski definition) is 4. The Morgan fingerprint density at radius 1 is 1.22 bits per heavy atom. The molecule has 5 heteroatoms. The van der Waals surface area contributed by atoms with Crippen molar-refractivity contribution in [1.82, 2.24) is 5.32 Å². The summed E-state index contributed by atoms with van der Waals surface area (Å²) in [6.45, 7) is 6.00. The van der Waals surface area contributed by atoms with Gasteiger partial charge in [-0.3, -0.25) is 4.79 Å². The molecule has 1 aromatic rings. The highest BCUT2D eigenvalue weighted by Crippen LogP contribution is 2.27. The van der Waals surface area contributed by atoms with Gasteiger partial charge in [-0.05, 0) is 51.3 Å². The molecule has 1 atom stereocenters. The largest absolute Gasteiger partial charge is 0.504 e. The number of phenolic OH excluding ortho intramolecular Hbond substituents is 2. The SMILES string of the molecule is CC(C)=CCCC(C)=CC(=O)NCC(O)c1ccc(O)c(O)c1. The predicted octanol–water partition coefficient (Wildman–Crippen LogP) is 2.94. The quantitative estimate of drug-likeness (QED) is 0.353. The molecule has 0 aliphatic carbocycles. The molecule has 0 heterocycles. The van der Waals surface area contributed by atoms with E-state index in [1.165, 1.54) is 29.8 Å². The molecule has 0 saturated heterocycles. The lowest BCUT2D eigenvalue weighted by atomic mass is 10.1. The summed E-state index contributed by atoms with van der Waals surface area (Å²) in [6.07, 6.45) is 4.40. The minimum Gasteiger partial charge on any atom is -0.504 e. The van der Waals surface area contributed by atoms with Gasteiger partial charge in [-0.1, -0.05) is 23.3 Å². The van der Waals surface area contributed by atoms with Crippen molar-refractivity contribution in [2.45, 2.75) is 39.7 Å². The second-order valence-electron chi connectivity index (χ2n) is 5.82. The highest BCUT2D eigenvalue weighted by molar-refractivity contribution is 5.88. The topological polar surface area (TPSA) is 89.8 Å². The summed E-state index contributed by atoms with van der Waals surface area (Å²) < 4.78 is 0. The van der Waals surface area contributed by atoms with E-state index in [0.717, 1.165) is 18.4 Å². The van der Waals surface area contributed by atoms with Gasteiger partial charge in [0.2, 0.25) is 5.91 Å². The predicted molar refractivity (Wildman–Crippen MR) is 90.2 cm³/mol. The van der Waals surface area contributed by atoms with Crippen molar-refractivity contribution in [2.75, 3.05) is 6.54 Å². The van der Waals surface area contributed by atoms with Crippen LogP contribution in [0.15, 0.2) is 41.5 Å². The molecule has 0 fully saturated rings. The van der Waals surface area contributed by atoms with Crippen LogP contribution in [0, 0.1) is 0 Å². The summed E-state index contributed by atoms with van der Waals surface area (Å²) in [4.78, 5) is 11.8. The Morgan fingerprint density at radius 2 is 1.91 bits per heavy atom. The summed E-state index contributed by atoms with van der Waals surface area (Å²) in [6, 6.07) is 4.06. The number of nitrogens with one attached hydrogen (secondary N) is 1. The smallest absolute Gasteiger partial charge is 0.244 e. The second kappa shape index (κ2) is 9.00. The van der Waals surface area contributed by atoms with Crippen molar-refractivity contribution in [3.63, 3.8) is 0 Å². The molecular weight excluding hydrogens is 294 g/mol. The van der Waals surface area contributed by atoms with Gasteiger partial charge < -0.3 is 20.6 Å². The molecule has 1 amide bonds. The Labute approximate surface area is 137 Å². The lowest BCUT2D eigenvalue weighted by molar-refractivity contribution is -0.117. The standard InChI is InChI=1S/C18H25NO4/c1-12(2)5-4-6-13(3)9-18(23)19-11-17(22)14-7-8-15(20)16(21)10-14/h5,7-10,17,20-22H,4,6,11H2,1-3H3,(H,19,23). The van der Waals surface area contributed by atoms with Crippen LogP contribution in [-0.4, -0.2) is 27.8 Å². The van der Waals surface area contributed by atoms with Crippen LogP contribution >= 0.6 is 0 Å². The van der Waals surface area contributed by atoms with Crippen LogP contribution in [0.1, 0.15) is 45.3 Å². The van der Waals surface area contributed by atoms with Crippen LogP contribution < -0.4 is 5.32 Å². The molecule has 23 heavy (non-hydrogen) atoms. The number of phenols is 2. The van der Waals surface area contributed by atoms with E-state index >= 15 is 0 Å². The Balaban J connectivity index is 2.48. The number of allylic oxidation sites excluding steroid dienone is 3. The molecule has 0 radical (unpaired) electrons. The van der Waals surface area contributed by atoms with Gasteiger partial charge >= 0.3 is 0 Å². The van der Waals surface area contributed by atoms with E-state index in [2.05, 4.69) is 11.4 Å². The van der Waals surface area contributed by atoms with Crippen molar-refractivity contribution in [3.05, 3.63) is 47.1 Å². The van der Waals surface area contributed by atoms with Crippen LogP contribution in [0.3, 0.4) is 0 Å². The third kappa shape index (κ3) is 7.02. The van der Waals surface area contributed by atoms with Crippen molar-refractivity contribution in [2.24, 2.45) is 0 Å². The molecule has 0 aliphatic heterocycles. The molecule has 0 saturated carbocycles. The first-order valence-electron chi connectivity index (χ1n) is 7.58. The summed E-state index contributed by atoms with van der Waals surface area (Å²) in [5, 5.41) is 31.2. The number of benzene rings is 1. The monoisotopic (exact) mass is 319 g/mol. The molecule has 0 bridgehead atoms. The van der Waals surface area contributed by atoms with Crippen LogP contribution in [-0.2, 0) is 4.79 Å². The maximum absolute atomic E-state index is 11.8. The second-order valence-corrected chi connectivity index (χ2v) is 5.82. The molecule has 0 aromatic heterocycles. The Morgan fingerprint density at radius 3 is 2.52 bits per heavy atom. The minimum atomic E-state index is -0.954. The normalized spacial score (nSPS) is 12.6. The molecule has 126 valence electrons. The molecular formula is C18H25NO4. The van der Waals surface area contributed by atoms with E-state index in [1.54, 1.807) is 0 Å². The Kier molecular flexibility index (Phi) is 7.35. The van der Waals surface area contributed by atoms with Crippen molar-refractivity contribution >= 4 is 5.91 Å². The third-order valence-corrected chi connectivity index (χ3v) is 3.32. The fourth-order valence-corrected chi connectivity index (χ4v) is 2.00. The number of aliphatic hydroxyl groups excluding tert-OH is 1. The summed E-state index contributed by atoms with van der Waals surface area (Å²) >= 11 is 0. The number of aliphatic hydroxyl groups is 1. The minimum absolute atomic E-state index is 0.0286. The van der Waals surface area contributed by atoms with Gasteiger partial charge in [0.05, 0.1) is 6.10 Å². The molecule has 1 unspecified atom stereocenters. The average Bonchev–Trinajstić information content (AvgIpc) is 2.47. The molecule has 4 N–H and O–H groups in total. The van der Waals surface area contributed by atoms with E-state index < -0.39 is 6.10 Å². The molecule has 0 spiro atoms. The number of carbonyl (C=O) groups is 1. The maximum atomic E-state index is 11.8. The van der Waals surface area contributed by atoms with Crippen molar-refractivity contribution in [1.29, 1.82) is 0 Å². The number of amides is 1. The molecule has 1 rings (SSSR count). The van der Waals surface area contributed by atoms with Gasteiger partial charge in [-0.25, -0.2) is 0 Å². The lowest BCUT2D eigenvalue weighted by Gasteiger charge is -2.12. The molecule has 1 aromatic carbocycles. The third-order valence-electron chi connectivity index (χ3n) is 3.32. The van der Waals surface area contributed by atoms with Crippen molar-refractivity contribution < 1.29 is 20.1 Å². The number of rotatable bonds is 7. The van der Waals surface area contributed by atoms with Crippen LogP contribution in [0.25, 0.3) is 0 Å². The van der Waals surface area contributed by atoms with Gasteiger partial charge in [-0.15, -0.1) is 0 Å². The van der Waals surface area contributed by atoms with Crippen molar-refractivity contribution in [3.8, 4) is 11.5 Å². The van der Waals surface area contributed by atoms with E-state index in [1.807, 2.05) is 20.8 Å². The molecule has 5 nitrogen and oxygen atoms in total. The highest BCUT2D eigenvalue weighted by atomic mass is 16.3. The Hall–Kier alpha value is -2.27. The first kappa shape index (κ1) is 18.8. The number of aromatic hydroxyl groups is 2. The number of carbonyl (C=O) groups excluding carboxylic acids is 1. The van der Waals surface area contributed by atoms with Gasteiger partial charge in [-0.2, -0.15) is 0 Å². The van der Waals surface area contributed by atoms with E-state index in [-0.39, 0.29) is 24.0 Å². The van der Waals surface area contributed by atoms with Gasteiger partial charge in [0, 0.05) is 12.6 Å². The van der Waals surface area contributed by atoms with Gasteiger partial charge in [0.1, 0.15) is 0 Å². The van der Waals surface area contributed by atoms with Crippen LogP contribution in [0.5, 0.6) is 11.5 Å². The van der Waals surface area contributed by atoms with E-state index in [4.69, 9.17) is 0 Å². The molecule has 0 aliphatic rings. The summed E-state index contributed by atoms with van der Waals surface area (Å²) in [7, 11) is 0. The Bertz CT molecular complexity index is 601. The van der Waals surface area contributed by atoms with E-state index in [9.17, 15) is 20.1 Å². The first-order chi connectivity index (χ1) is 10.8. The van der Waals surface area contributed by atoms with Gasteiger partial charge in [0.15, 0.2) is 11.5 Å². The van der Waals surface area contributed by atoms with E-state index in [0.29, 0.717) is 5.56 Å². The van der Waals surface area contributed by atoms with Gasteiger partial charge in [0.25, 0.3) is 0 Å². The zero-order valence-corrected chi connectivity index (χ0v) is 13.8. The van der Waals surface area contributed by atoms with Crippen LogP contribution in [0.2, 0.25) is 0 Å². The maximum Gasteiger partial charge on any atom is 0.244 e. The fourth-order valence-electron chi connectivity index (χ4n) is 2.00. The summed E-state index contributed by atoms with van der Waals surface area (Å²) in [5.74, 6) is -0.815. The van der Waals surface area contributed by atoms with Crippen LogP contribution in [0.4, 0.5) is 0 Å². The first-order valence-corrected chi connectivity index (χ1v) is 7.58. The lowest BCUT2D eigenvalue weighted by Crippen LogP contribution is -2.27. The zero-order valence-electron chi connectivity index (χ0n) is 13.8. The summed E-state index contributed by atoms with van der Waals surface area (Å²) in [5.41, 5.74) is 2.64. The number of hydrogen-bond acceptors (Lipinski definition) is 4. The zero-order chi connectivity index (χ0) is 17.4. The fraction of sp³-hybridized carbons (Fsp3) is 0.389.